The molecule has 1 aromatic rings. The summed E-state index contributed by atoms with van der Waals surface area (Å²) in [7, 11) is 0. The number of morpholine rings is 1. The van der Waals surface area contributed by atoms with Crippen LogP contribution in [0.4, 0.5) is 11.5 Å². The summed E-state index contributed by atoms with van der Waals surface area (Å²) in [6, 6.07) is 3.76. The van der Waals surface area contributed by atoms with Crippen molar-refractivity contribution in [3.63, 3.8) is 0 Å². The molecule has 88 valence electrons. The van der Waals surface area contributed by atoms with Gasteiger partial charge < -0.3 is 20.1 Å². The maximum Gasteiger partial charge on any atom is 0.239 e. The molecule has 0 bridgehead atoms. The minimum absolute atomic E-state index is 0.520. The van der Waals surface area contributed by atoms with E-state index in [2.05, 4.69) is 9.88 Å². The summed E-state index contributed by atoms with van der Waals surface area (Å²) in [5.41, 5.74) is 6.36. The number of anilines is 2. The van der Waals surface area contributed by atoms with E-state index < -0.39 is 0 Å². The van der Waals surface area contributed by atoms with E-state index in [-0.39, 0.29) is 0 Å². The number of nitrogens with two attached hydrogens (primary N) is 1. The molecule has 5 heteroatoms. The van der Waals surface area contributed by atoms with Gasteiger partial charge >= 0.3 is 0 Å². The van der Waals surface area contributed by atoms with E-state index in [4.69, 9.17) is 15.2 Å². The number of nitrogen functional groups attached to an aromatic ring is 1. The standard InChI is InChI=1S/C11H17N3O2/c1-2-16-11-9(12)3-4-10(13-11)14-5-7-15-8-6-14/h3-4H,2,5-8,12H2,1H3. The van der Waals surface area contributed by atoms with Crippen LogP contribution < -0.4 is 15.4 Å². The molecule has 1 saturated heterocycles. The first-order chi connectivity index (χ1) is 7.81. The van der Waals surface area contributed by atoms with Gasteiger partial charge in [-0.1, -0.05) is 0 Å². The number of rotatable bonds is 3. The predicted molar refractivity (Wildman–Crippen MR) is 62.9 cm³/mol. The Morgan fingerprint density at radius 3 is 2.88 bits per heavy atom. The molecule has 0 unspecified atom stereocenters. The van der Waals surface area contributed by atoms with Gasteiger partial charge in [-0.15, -0.1) is 0 Å². The molecule has 2 heterocycles. The lowest BCUT2D eigenvalue weighted by Gasteiger charge is -2.28. The topological polar surface area (TPSA) is 60.6 Å². The van der Waals surface area contributed by atoms with Gasteiger partial charge in [0.1, 0.15) is 5.82 Å². The van der Waals surface area contributed by atoms with Crippen LogP contribution in [0.1, 0.15) is 6.92 Å². The molecule has 0 atom stereocenters. The van der Waals surface area contributed by atoms with Gasteiger partial charge in [-0.3, -0.25) is 0 Å². The Labute approximate surface area is 95.2 Å². The molecule has 1 aliphatic heterocycles. The van der Waals surface area contributed by atoms with Crippen LogP contribution in [0.3, 0.4) is 0 Å². The molecule has 0 aliphatic carbocycles. The van der Waals surface area contributed by atoms with Crippen LogP contribution in [-0.2, 0) is 4.74 Å². The van der Waals surface area contributed by atoms with Crippen molar-refractivity contribution in [3.05, 3.63) is 12.1 Å². The Hall–Kier alpha value is -1.49. The summed E-state index contributed by atoms with van der Waals surface area (Å²) in [5.74, 6) is 1.42. The van der Waals surface area contributed by atoms with Crippen LogP contribution in [0.15, 0.2) is 12.1 Å². The Morgan fingerprint density at radius 1 is 1.44 bits per heavy atom. The fourth-order valence-electron chi connectivity index (χ4n) is 1.66. The summed E-state index contributed by atoms with van der Waals surface area (Å²) < 4.78 is 10.7. The van der Waals surface area contributed by atoms with Gasteiger partial charge in [0.15, 0.2) is 0 Å². The second-order valence-corrected chi connectivity index (χ2v) is 3.60. The summed E-state index contributed by atoms with van der Waals surface area (Å²) in [4.78, 5) is 6.58. The lowest BCUT2D eigenvalue weighted by atomic mass is 10.3. The van der Waals surface area contributed by atoms with Crippen LogP contribution >= 0.6 is 0 Å². The van der Waals surface area contributed by atoms with E-state index in [1.807, 2.05) is 19.1 Å². The highest BCUT2D eigenvalue weighted by atomic mass is 16.5. The number of aromatic nitrogens is 1. The molecule has 2 rings (SSSR count). The average Bonchev–Trinajstić information content (AvgIpc) is 2.33. The third-order valence-electron chi connectivity index (χ3n) is 2.49. The number of hydrogen-bond acceptors (Lipinski definition) is 5. The number of ether oxygens (including phenoxy) is 2. The minimum atomic E-state index is 0.520. The Balaban J connectivity index is 2.17. The highest BCUT2D eigenvalue weighted by molar-refractivity contribution is 5.54. The van der Waals surface area contributed by atoms with Gasteiger partial charge in [-0.2, -0.15) is 4.98 Å². The predicted octanol–water partition coefficient (Wildman–Crippen LogP) is 0.899. The largest absolute Gasteiger partial charge is 0.476 e. The molecule has 2 N–H and O–H groups in total. The number of pyridine rings is 1. The molecule has 1 aliphatic rings. The first-order valence-corrected chi connectivity index (χ1v) is 5.53. The smallest absolute Gasteiger partial charge is 0.239 e. The molecular formula is C11H17N3O2. The molecule has 16 heavy (non-hydrogen) atoms. The van der Waals surface area contributed by atoms with E-state index in [0.717, 1.165) is 32.1 Å². The Bertz CT molecular complexity index is 351. The van der Waals surface area contributed by atoms with Crippen LogP contribution in [0, 0.1) is 0 Å². The van der Waals surface area contributed by atoms with E-state index >= 15 is 0 Å². The van der Waals surface area contributed by atoms with Gasteiger partial charge in [0.05, 0.1) is 25.5 Å². The molecule has 0 saturated carbocycles. The molecule has 0 amide bonds. The third-order valence-corrected chi connectivity index (χ3v) is 2.49. The lowest BCUT2D eigenvalue weighted by molar-refractivity contribution is 0.122. The molecule has 0 radical (unpaired) electrons. The zero-order chi connectivity index (χ0) is 11.4. The van der Waals surface area contributed by atoms with E-state index in [9.17, 15) is 0 Å². The molecule has 1 fully saturated rings. The van der Waals surface area contributed by atoms with Gasteiger partial charge in [0, 0.05) is 13.1 Å². The van der Waals surface area contributed by atoms with Crippen molar-refractivity contribution < 1.29 is 9.47 Å². The van der Waals surface area contributed by atoms with Crippen molar-refractivity contribution in [2.24, 2.45) is 0 Å². The number of hydrogen-bond donors (Lipinski definition) is 1. The van der Waals surface area contributed by atoms with Crippen LogP contribution in [0.2, 0.25) is 0 Å². The van der Waals surface area contributed by atoms with Crippen LogP contribution in [0.25, 0.3) is 0 Å². The van der Waals surface area contributed by atoms with Crippen molar-refractivity contribution in [2.45, 2.75) is 6.92 Å². The molecule has 5 nitrogen and oxygen atoms in total. The summed E-state index contributed by atoms with van der Waals surface area (Å²) in [6.07, 6.45) is 0. The Kier molecular flexibility index (Phi) is 3.46. The van der Waals surface area contributed by atoms with Gasteiger partial charge in [-0.25, -0.2) is 0 Å². The molecular weight excluding hydrogens is 206 g/mol. The maximum absolute atomic E-state index is 5.77. The average molecular weight is 223 g/mol. The molecule has 0 spiro atoms. The van der Waals surface area contributed by atoms with Crippen LogP contribution in [-0.4, -0.2) is 37.9 Å². The Morgan fingerprint density at radius 2 is 2.19 bits per heavy atom. The van der Waals surface area contributed by atoms with Gasteiger partial charge in [0.25, 0.3) is 0 Å². The SMILES string of the molecule is CCOc1nc(N2CCOCC2)ccc1N. The van der Waals surface area contributed by atoms with Crippen molar-refractivity contribution >= 4 is 11.5 Å². The van der Waals surface area contributed by atoms with E-state index in [0.29, 0.717) is 18.2 Å². The van der Waals surface area contributed by atoms with Crippen molar-refractivity contribution in [2.75, 3.05) is 43.5 Å². The second kappa shape index (κ2) is 5.03. The maximum atomic E-state index is 5.77. The highest BCUT2D eigenvalue weighted by Crippen LogP contribution is 2.23. The quantitative estimate of drug-likeness (QED) is 0.825. The van der Waals surface area contributed by atoms with E-state index in [1.54, 1.807) is 0 Å². The molecule has 0 aromatic carbocycles. The zero-order valence-corrected chi connectivity index (χ0v) is 9.48. The second-order valence-electron chi connectivity index (χ2n) is 3.60. The highest BCUT2D eigenvalue weighted by Gasteiger charge is 2.14. The lowest BCUT2D eigenvalue weighted by Crippen LogP contribution is -2.36. The summed E-state index contributed by atoms with van der Waals surface area (Å²) in [6.45, 7) is 5.71. The zero-order valence-electron chi connectivity index (χ0n) is 9.48. The normalized spacial score (nSPS) is 16.2. The fraction of sp³-hybridized carbons (Fsp3) is 0.545. The summed E-state index contributed by atoms with van der Waals surface area (Å²) >= 11 is 0. The molecule has 1 aromatic heterocycles. The first kappa shape index (κ1) is 11.0. The van der Waals surface area contributed by atoms with Gasteiger partial charge in [-0.05, 0) is 19.1 Å². The van der Waals surface area contributed by atoms with Gasteiger partial charge in [0.2, 0.25) is 5.88 Å². The number of nitrogens with zero attached hydrogens (tertiary/aromatic N) is 2. The van der Waals surface area contributed by atoms with Crippen molar-refractivity contribution in [1.82, 2.24) is 4.98 Å². The first-order valence-electron chi connectivity index (χ1n) is 5.53. The van der Waals surface area contributed by atoms with Crippen molar-refractivity contribution in [3.8, 4) is 5.88 Å². The fourth-order valence-corrected chi connectivity index (χ4v) is 1.66. The van der Waals surface area contributed by atoms with Crippen LogP contribution in [0.5, 0.6) is 5.88 Å². The van der Waals surface area contributed by atoms with E-state index in [1.165, 1.54) is 0 Å². The third kappa shape index (κ3) is 2.36. The monoisotopic (exact) mass is 223 g/mol. The minimum Gasteiger partial charge on any atom is -0.476 e. The van der Waals surface area contributed by atoms with Crippen molar-refractivity contribution in [1.29, 1.82) is 0 Å². The summed E-state index contributed by atoms with van der Waals surface area (Å²) in [5, 5.41) is 0.